The van der Waals surface area contributed by atoms with Gasteiger partial charge in [0, 0.05) is 31.8 Å². The van der Waals surface area contributed by atoms with Crippen LogP contribution in [0.4, 0.5) is 0 Å². The van der Waals surface area contributed by atoms with Crippen LogP contribution in [0.2, 0.25) is 10.0 Å². The van der Waals surface area contributed by atoms with Gasteiger partial charge in [-0.15, -0.1) is 0 Å². The van der Waals surface area contributed by atoms with E-state index in [1.54, 1.807) is 9.80 Å². The molecule has 1 fully saturated rings. The number of likely N-dealkylation sites (N-methyl/N-ethyl adjacent to an activating group) is 1. The zero-order valence-corrected chi connectivity index (χ0v) is 16.1. The number of quaternary nitrogens is 2. The average molecular weight is 381 g/mol. The molecule has 1 saturated heterocycles. The van der Waals surface area contributed by atoms with Gasteiger partial charge in [0.05, 0.1) is 7.05 Å². The van der Waals surface area contributed by atoms with Crippen molar-refractivity contribution in [3.63, 3.8) is 0 Å². The molecule has 0 aromatic heterocycles. The van der Waals surface area contributed by atoms with Crippen LogP contribution in [-0.4, -0.2) is 33.2 Å². The highest BCUT2D eigenvalue weighted by molar-refractivity contribution is 7.99. The molecule has 126 valence electrons. The second-order valence-electron chi connectivity index (χ2n) is 6.91. The molecule has 0 amide bonds. The van der Waals surface area contributed by atoms with Crippen molar-refractivity contribution in [1.82, 2.24) is 0 Å². The Morgan fingerprint density at radius 1 is 0.917 bits per heavy atom. The second-order valence-corrected chi connectivity index (χ2v) is 8.86. The van der Waals surface area contributed by atoms with Crippen LogP contribution in [0.25, 0.3) is 0 Å². The summed E-state index contributed by atoms with van der Waals surface area (Å²) in [5, 5.41) is 1.64. The summed E-state index contributed by atoms with van der Waals surface area (Å²) in [6.07, 6.45) is 1.05. The van der Waals surface area contributed by atoms with Gasteiger partial charge in [-0.25, -0.2) is 0 Å². The first-order valence-electron chi connectivity index (χ1n) is 8.52. The standard InChI is InChI=1S/C19H20Cl2N2S/c1-22-6-8-23(9-7-22)17-11-13-10-14(20)3-5-18(13)24-19-12-15(21)2-4-16(17)19/h2-5,10,12,17H,6-9,11H2,1H3/p+2/t17-/m1/s1. The van der Waals surface area contributed by atoms with Crippen LogP contribution < -0.4 is 9.80 Å². The Balaban J connectivity index is 1.77. The van der Waals surface area contributed by atoms with Crippen molar-refractivity contribution in [3.8, 4) is 0 Å². The first-order chi connectivity index (χ1) is 11.6. The van der Waals surface area contributed by atoms with Gasteiger partial charge in [0.1, 0.15) is 32.2 Å². The maximum atomic E-state index is 6.29. The molecular weight excluding hydrogens is 359 g/mol. The number of nitrogens with one attached hydrogen (secondary N) is 2. The number of hydrogen-bond donors (Lipinski definition) is 2. The minimum absolute atomic E-state index is 0.484. The van der Waals surface area contributed by atoms with Crippen molar-refractivity contribution in [3.05, 3.63) is 57.6 Å². The maximum absolute atomic E-state index is 6.29. The average Bonchev–Trinajstić information content (AvgIpc) is 2.71. The number of halogens is 2. The van der Waals surface area contributed by atoms with E-state index >= 15 is 0 Å². The molecule has 2 aliphatic rings. The molecule has 2 aromatic rings. The predicted molar refractivity (Wildman–Crippen MR) is 101 cm³/mol. The largest absolute Gasteiger partial charge is 0.328 e. The Morgan fingerprint density at radius 3 is 2.42 bits per heavy atom. The van der Waals surface area contributed by atoms with Gasteiger partial charge in [-0.3, -0.25) is 0 Å². The van der Waals surface area contributed by atoms with Crippen molar-refractivity contribution >= 4 is 35.0 Å². The highest BCUT2D eigenvalue weighted by Gasteiger charge is 2.33. The quantitative estimate of drug-likeness (QED) is 0.770. The van der Waals surface area contributed by atoms with Gasteiger partial charge in [0.2, 0.25) is 0 Å². The molecule has 0 bridgehead atoms. The molecule has 2 aromatic carbocycles. The van der Waals surface area contributed by atoms with Gasteiger partial charge in [-0.2, -0.15) is 0 Å². The molecule has 1 atom stereocenters. The fourth-order valence-corrected chi connectivity index (χ4v) is 5.44. The smallest absolute Gasteiger partial charge is 0.127 e. The van der Waals surface area contributed by atoms with E-state index in [0.29, 0.717) is 6.04 Å². The number of rotatable bonds is 1. The summed E-state index contributed by atoms with van der Waals surface area (Å²) in [5.41, 5.74) is 2.80. The SMILES string of the molecule is C[NH+]1CC[NH+]([C@@H]2Cc3cc(Cl)ccc3Sc3cc(Cl)ccc32)CC1. The van der Waals surface area contributed by atoms with Crippen LogP contribution in [0.5, 0.6) is 0 Å². The highest BCUT2D eigenvalue weighted by atomic mass is 35.5. The second kappa shape index (κ2) is 6.89. The van der Waals surface area contributed by atoms with E-state index in [1.807, 2.05) is 23.9 Å². The van der Waals surface area contributed by atoms with E-state index < -0.39 is 0 Å². The first kappa shape index (κ1) is 16.7. The van der Waals surface area contributed by atoms with Crippen LogP contribution in [0.1, 0.15) is 17.2 Å². The van der Waals surface area contributed by atoms with Gasteiger partial charge in [-0.1, -0.05) is 41.0 Å². The van der Waals surface area contributed by atoms with Crippen molar-refractivity contribution in [2.75, 3.05) is 33.2 Å². The lowest BCUT2D eigenvalue weighted by atomic mass is 9.96. The van der Waals surface area contributed by atoms with Crippen molar-refractivity contribution in [2.45, 2.75) is 22.3 Å². The lowest BCUT2D eigenvalue weighted by molar-refractivity contribution is -1.02. The molecule has 0 aliphatic carbocycles. The Kier molecular flexibility index (Phi) is 4.81. The first-order valence-corrected chi connectivity index (χ1v) is 10.1. The number of piperazine rings is 1. The Bertz CT molecular complexity index is 757. The number of fused-ring (bicyclic) bond motifs is 2. The Hall–Kier alpha value is -0.710. The van der Waals surface area contributed by atoms with Crippen molar-refractivity contribution in [2.24, 2.45) is 0 Å². The molecule has 0 spiro atoms. The molecular formula is C19H22Cl2N2S+2. The van der Waals surface area contributed by atoms with E-state index in [2.05, 4.69) is 31.3 Å². The third kappa shape index (κ3) is 3.33. The molecule has 5 heteroatoms. The monoisotopic (exact) mass is 380 g/mol. The van der Waals surface area contributed by atoms with Crippen LogP contribution in [-0.2, 0) is 6.42 Å². The van der Waals surface area contributed by atoms with Gasteiger partial charge in [-0.05, 0) is 35.9 Å². The zero-order valence-electron chi connectivity index (χ0n) is 13.7. The molecule has 2 aliphatic heterocycles. The van der Waals surface area contributed by atoms with E-state index in [0.717, 1.165) is 16.5 Å². The third-order valence-corrected chi connectivity index (χ3v) is 6.92. The van der Waals surface area contributed by atoms with Crippen molar-refractivity contribution < 1.29 is 9.80 Å². The summed E-state index contributed by atoms with van der Waals surface area (Å²) in [6.45, 7) is 4.92. The van der Waals surface area contributed by atoms with E-state index in [4.69, 9.17) is 23.2 Å². The fraction of sp³-hybridized carbons (Fsp3) is 0.368. The van der Waals surface area contributed by atoms with E-state index in [1.165, 1.54) is 47.1 Å². The number of benzene rings is 2. The summed E-state index contributed by atoms with van der Waals surface area (Å²) in [6, 6.07) is 13.2. The summed E-state index contributed by atoms with van der Waals surface area (Å²) in [5.74, 6) is 0. The van der Waals surface area contributed by atoms with E-state index in [-0.39, 0.29) is 0 Å². The molecule has 2 heterocycles. The van der Waals surface area contributed by atoms with Gasteiger partial charge >= 0.3 is 0 Å². The molecule has 0 radical (unpaired) electrons. The molecule has 2 N–H and O–H groups in total. The van der Waals surface area contributed by atoms with Crippen LogP contribution in [0, 0.1) is 0 Å². The lowest BCUT2D eigenvalue weighted by Gasteiger charge is -2.33. The van der Waals surface area contributed by atoms with Crippen LogP contribution in [0.3, 0.4) is 0 Å². The maximum Gasteiger partial charge on any atom is 0.127 e. The summed E-state index contributed by atoms with van der Waals surface area (Å²) in [4.78, 5) is 5.94. The predicted octanol–water partition coefficient (Wildman–Crippen LogP) is 2.16. The third-order valence-electron chi connectivity index (χ3n) is 5.26. The van der Waals surface area contributed by atoms with Crippen molar-refractivity contribution in [1.29, 1.82) is 0 Å². The molecule has 0 saturated carbocycles. The summed E-state index contributed by atoms with van der Waals surface area (Å²) >= 11 is 14.4. The van der Waals surface area contributed by atoms with Crippen LogP contribution >= 0.6 is 35.0 Å². The fourth-order valence-electron chi connectivity index (χ4n) is 3.85. The lowest BCUT2D eigenvalue weighted by Crippen LogP contribution is -3.27. The summed E-state index contributed by atoms with van der Waals surface area (Å²) in [7, 11) is 2.29. The molecule has 4 rings (SSSR count). The molecule has 24 heavy (non-hydrogen) atoms. The minimum Gasteiger partial charge on any atom is -0.328 e. The van der Waals surface area contributed by atoms with Crippen LogP contribution in [0.15, 0.2) is 46.2 Å². The Morgan fingerprint density at radius 2 is 1.62 bits per heavy atom. The van der Waals surface area contributed by atoms with Gasteiger partial charge < -0.3 is 9.80 Å². The molecule has 2 nitrogen and oxygen atoms in total. The molecule has 0 unspecified atom stereocenters. The highest BCUT2D eigenvalue weighted by Crippen LogP contribution is 2.41. The normalized spacial score (nSPS) is 26.4. The minimum atomic E-state index is 0.484. The van der Waals surface area contributed by atoms with Gasteiger partial charge in [0.25, 0.3) is 0 Å². The summed E-state index contributed by atoms with van der Waals surface area (Å²) < 4.78 is 0. The zero-order chi connectivity index (χ0) is 16.7. The topological polar surface area (TPSA) is 8.88 Å². The van der Waals surface area contributed by atoms with E-state index in [9.17, 15) is 0 Å². The van der Waals surface area contributed by atoms with Gasteiger partial charge in [0.15, 0.2) is 0 Å². The number of hydrogen-bond acceptors (Lipinski definition) is 1. The Labute approximate surface area is 157 Å².